The summed E-state index contributed by atoms with van der Waals surface area (Å²) in [7, 11) is 3.04. The van der Waals surface area contributed by atoms with Crippen LogP contribution in [0.5, 0.6) is 5.75 Å². The molecule has 0 aliphatic carbocycles. The number of rotatable bonds is 7. The summed E-state index contributed by atoms with van der Waals surface area (Å²) in [5.41, 5.74) is 6.21. The molecule has 2 N–H and O–H groups in total. The van der Waals surface area contributed by atoms with Gasteiger partial charge in [0.15, 0.2) is 0 Å². The predicted octanol–water partition coefficient (Wildman–Crippen LogP) is 1.22. The third-order valence-corrected chi connectivity index (χ3v) is 2.72. The zero-order chi connectivity index (χ0) is 15.1. The zero-order valence-electron chi connectivity index (χ0n) is 11.4. The first-order chi connectivity index (χ1) is 9.47. The van der Waals surface area contributed by atoms with Gasteiger partial charge < -0.3 is 20.1 Å². The molecule has 0 fully saturated rings. The maximum absolute atomic E-state index is 12.0. The number of nitrogens with two attached hydrogens (primary N) is 1. The van der Waals surface area contributed by atoms with Crippen molar-refractivity contribution in [1.82, 2.24) is 4.90 Å². The van der Waals surface area contributed by atoms with Gasteiger partial charge in [-0.15, -0.1) is 0 Å². The Morgan fingerprint density at radius 3 is 2.40 bits per heavy atom. The number of amides is 1. The first kappa shape index (κ1) is 16.3. The number of hydrogen-bond donors (Lipinski definition) is 1. The van der Waals surface area contributed by atoms with E-state index in [0.717, 1.165) is 5.56 Å². The molecule has 1 aromatic rings. The minimum absolute atomic E-state index is 0.0782. The highest BCUT2D eigenvalue weighted by molar-refractivity contribution is 5.80. The topological polar surface area (TPSA) is 64.8 Å². The number of alkyl halides is 2. The van der Waals surface area contributed by atoms with Crippen LogP contribution in [0.1, 0.15) is 5.56 Å². The molecule has 112 valence electrons. The van der Waals surface area contributed by atoms with Gasteiger partial charge >= 0.3 is 6.61 Å². The Hall–Kier alpha value is -1.73. The van der Waals surface area contributed by atoms with Gasteiger partial charge in [0.25, 0.3) is 5.91 Å². The molecular weight excluding hydrogens is 270 g/mol. The van der Waals surface area contributed by atoms with Crippen molar-refractivity contribution in [3.05, 3.63) is 29.8 Å². The van der Waals surface area contributed by atoms with Crippen molar-refractivity contribution in [1.29, 1.82) is 0 Å². The standard InChI is InChI=1S/C13H18F2N2O3/c1-17(12(18)11(7-16)19-2)8-9-3-5-10(6-4-9)20-13(14)15/h3-6,11,13H,7-8,16H2,1-2H3. The molecule has 1 unspecified atom stereocenters. The number of hydrogen-bond acceptors (Lipinski definition) is 4. The summed E-state index contributed by atoms with van der Waals surface area (Å²) in [5.74, 6) is -0.155. The Kier molecular flexibility index (Phi) is 6.33. The number of carbonyl (C=O) groups excluding carboxylic acids is 1. The van der Waals surface area contributed by atoms with Crippen molar-refractivity contribution >= 4 is 5.91 Å². The number of likely N-dealkylation sites (N-methyl/N-ethyl adjacent to an activating group) is 1. The van der Waals surface area contributed by atoms with Crippen LogP contribution in [-0.2, 0) is 16.1 Å². The molecular formula is C13H18F2N2O3. The second kappa shape index (κ2) is 7.76. The summed E-state index contributed by atoms with van der Waals surface area (Å²) in [4.78, 5) is 13.4. The van der Waals surface area contributed by atoms with E-state index in [9.17, 15) is 13.6 Å². The van der Waals surface area contributed by atoms with Crippen molar-refractivity contribution in [2.45, 2.75) is 19.3 Å². The molecule has 7 heteroatoms. The lowest BCUT2D eigenvalue weighted by Crippen LogP contribution is -2.41. The Morgan fingerprint density at radius 2 is 1.95 bits per heavy atom. The molecule has 0 bridgehead atoms. The first-order valence-electron chi connectivity index (χ1n) is 5.99. The van der Waals surface area contributed by atoms with Crippen molar-refractivity contribution in [3.63, 3.8) is 0 Å². The van der Waals surface area contributed by atoms with Gasteiger partial charge in [-0.05, 0) is 17.7 Å². The summed E-state index contributed by atoms with van der Waals surface area (Å²) in [6, 6.07) is 6.09. The summed E-state index contributed by atoms with van der Waals surface area (Å²) in [5, 5.41) is 0. The lowest BCUT2D eigenvalue weighted by Gasteiger charge is -2.22. The van der Waals surface area contributed by atoms with E-state index in [2.05, 4.69) is 4.74 Å². The Morgan fingerprint density at radius 1 is 1.35 bits per heavy atom. The molecule has 0 heterocycles. The van der Waals surface area contributed by atoms with E-state index in [1.165, 1.54) is 24.1 Å². The molecule has 0 saturated heterocycles. The smallest absolute Gasteiger partial charge is 0.387 e. The van der Waals surface area contributed by atoms with Crippen LogP contribution in [0.2, 0.25) is 0 Å². The van der Waals surface area contributed by atoms with Gasteiger partial charge in [0.2, 0.25) is 0 Å². The van der Waals surface area contributed by atoms with E-state index in [1.54, 1.807) is 19.2 Å². The Labute approximate surface area is 116 Å². The van der Waals surface area contributed by atoms with E-state index in [-0.39, 0.29) is 18.2 Å². The number of ether oxygens (including phenoxy) is 2. The van der Waals surface area contributed by atoms with Gasteiger partial charge in [0, 0.05) is 27.2 Å². The first-order valence-corrected chi connectivity index (χ1v) is 5.99. The highest BCUT2D eigenvalue weighted by Crippen LogP contribution is 2.16. The SMILES string of the molecule is COC(CN)C(=O)N(C)Cc1ccc(OC(F)F)cc1. The zero-order valence-corrected chi connectivity index (χ0v) is 11.4. The van der Waals surface area contributed by atoms with Crippen molar-refractivity contribution in [2.75, 3.05) is 20.7 Å². The maximum atomic E-state index is 12.0. The fourth-order valence-corrected chi connectivity index (χ4v) is 1.67. The van der Waals surface area contributed by atoms with Gasteiger partial charge in [-0.3, -0.25) is 4.79 Å². The third kappa shape index (κ3) is 4.75. The molecule has 1 aromatic carbocycles. The van der Waals surface area contributed by atoms with Crippen LogP contribution in [0, 0.1) is 0 Å². The van der Waals surface area contributed by atoms with Crippen LogP contribution < -0.4 is 10.5 Å². The fourth-order valence-electron chi connectivity index (χ4n) is 1.67. The Bertz CT molecular complexity index is 422. The predicted molar refractivity (Wildman–Crippen MR) is 69.4 cm³/mol. The number of benzene rings is 1. The van der Waals surface area contributed by atoms with Crippen molar-refractivity contribution in [3.8, 4) is 5.75 Å². The minimum Gasteiger partial charge on any atom is -0.435 e. The van der Waals surface area contributed by atoms with E-state index in [0.29, 0.717) is 6.54 Å². The maximum Gasteiger partial charge on any atom is 0.387 e. The molecule has 1 rings (SSSR count). The summed E-state index contributed by atoms with van der Waals surface area (Å²) in [6.07, 6.45) is -0.679. The second-order valence-electron chi connectivity index (χ2n) is 4.18. The summed E-state index contributed by atoms with van der Waals surface area (Å²) < 4.78 is 33.2. The molecule has 1 atom stereocenters. The number of halogens is 2. The second-order valence-corrected chi connectivity index (χ2v) is 4.18. The molecule has 0 spiro atoms. The minimum atomic E-state index is -2.85. The monoisotopic (exact) mass is 288 g/mol. The summed E-state index contributed by atoms with van der Waals surface area (Å²) >= 11 is 0. The van der Waals surface area contributed by atoms with Crippen molar-refractivity contribution in [2.24, 2.45) is 5.73 Å². The average molecular weight is 288 g/mol. The lowest BCUT2D eigenvalue weighted by atomic mass is 10.2. The van der Waals surface area contributed by atoms with Gasteiger partial charge in [-0.25, -0.2) is 0 Å². The van der Waals surface area contributed by atoms with E-state index < -0.39 is 12.7 Å². The quantitative estimate of drug-likeness (QED) is 0.819. The van der Waals surface area contributed by atoms with Crippen LogP contribution >= 0.6 is 0 Å². The highest BCUT2D eigenvalue weighted by atomic mass is 19.3. The van der Waals surface area contributed by atoms with Crippen LogP contribution in [0.4, 0.5) is 8.78 Å². The van der Waals surface area contributed by atoms with Crippen molar-refractivity contribution < 1.29 is 23.0 Å². The van der Waals surface area contributed by atoms with Gasteiger partial charge in [0.1, 0.15) is 11.9 Å². The fraction of sp³-hybridized carbons (Fsp3) is 0.462. The molecule has 0 aliphatic heterocycles. The van der Waals surface area contributed by atoms with Crippen LogP contribution in [0.25, 0.3) is 0 Å². The van der Waals surface area contributed by atoms with Gasteiger partial charge in [-0.2, -0.15) is 8.78 Å². The largest absolute Gasteiger partial charge is 0.435 e. The van der Waals surface area contributed by atoms with Gasteiger partial charge in [0.05, 0.1) is 0 Å². The van der Waals surface area contributed by atoms with Crippen LogP contribution in [0.15, 0.2) is 24.3 Å². The molecule has 0 radical (unpaired) electrons. The number of nitrogens with zero attached hydrogens (tertiary/aromatic N) is 1. The lowest BCUT2D eigenvalue weighted by molar-refractivity contribution is -0.140. The summed E-state index contributed by atoms with van der Waals surface area (Å²) in [6.45, 7) is -2.42. The average Bonchev–Trinajstić information content (AvgIpc) is 2.41. The van der Waals surface area contributed by atoms with E-state index >= 15 is 0 Å². The number of carbonyl (C=O) groups is 1. The highest BCUT2D eigenvalue weighted by Gasteiger charge is 2.20. The van der Waals surface area contributed by atoms with Gasteiger partial charge in [-0.1, -0.05) is 12.1 Å². The molecule has 0 aliphatic rings. The Balaban J connectivity index is 2.61. The molecule has 5 nitrogen and oxygen atoms in total. The molecule has 0 saturated carbocycles. The normalized spacial score (nSPS) is 12.3. The van der Waals surface area contributed by atoms with E-state index in [4.69, 9.17) is 10.5 Å². The van der Waals surface area contributed by atoms with Crippen LogP contribution in [-0.4, -0.2) is 44.2 Å². The third-order valence-electron chi connectivity index (χ3n) is 2.72. The van der Waals surface area contributed by atoms with E-state index in [1.807, 2.05) is 0 Å². The number of methoxy groups -OCH3 is 1. The van der Waals surface area contributed by atoms with Crippen LogP contribution in [0.3, 0.4) is 0 Å². The molecule has 0 aromatic heterocycles. The molecule has 20 heavy (non-hydrogen) atoms. The molecule has 1 amide bonds.